The molecule has 0 radical (unpaired) electrons. The maximum absolute atomic E-state index is 14.2. The van der Waals surface area contributed by atoms with Crippen LogP contribution in [0.5, 0.6) is 0 Å². The fourth-order valence-corrected chi connectivity index (χ4v) is 6.50. The SMILES string of the molecule is C[C@]12CC[C@H]3[C@@H](CCC4=CC(=O)CC[C@@]43C)[C@@H]1C[C@@H](F)[C@H]2O. The van der Waals surface area contributed by atoms with Gasteiger partial charge >= 0.3 is 0 Å². The average molecular weight is 306 g/mol. The lowest BCUT2D eigenvalue weighted by Gasteiger charge is -2.57. The van der Waals surface area contributed by atoms with Crippen molar-refractivity contribution in [1.29, 1.82) is 0 Å². The van der Waals surface area contributed by atoms with Gasteiger partial charge in [-0.1, -0.05) is 19.4 Å². The third-order valence-electron chi connectivity index (χ3n) is 7.90. The number of aliphatic hydroxyl groups is 1. The maximum atomic E-state index is 14.2. The number of carbonyl (C=O) groups is 1. The molecule has 4 aliphatic rings. The van der Waals surface area contributed by atoms with Gasteiger partial charge in [-0.15, -0.1) is 0 Å². The van der Waals surface area contributed by atoms with Crippen LogP contribution in [0.15, 0.2) is 11.6 Å². The normalized spacial score (nSPS) is 54.3. The molecular weight excluding hydrogens is 279 g/mol. The third-order valence-corrected chi connectivity index (χ3v) is 7.90. The number of halogens is 1. The van der Waals surface area contributed by atoms with Gasteiger partial charge in [0, 0.05) is 6.42 Å². The Balaban J connectivity index is 1.69. The van der Waals surface area contributed by atoms with E-state index in [2.05, 4.69) is 13.8 Å². The highest BCUT2D eigenvalue weighted by Crippen LogP contribution is 2.65. The number of ketones is 1. The monoisotopic (exact) mass is 306 g/mol. The van der Waals surface area contributed by atoms with Gasteiger partial charge in [0.25, 0.3) is 0 Å². The maximum Gasteiger partial charge on any atom is 0.155 e. The van der Waals surface area contributed by atoms with Gasteiger partial charge < -0.3 is 5.11 Å². The van der Waals surface area contributed by atoms with Crippen LogP contribution in [0.4, 0.5) is 4.39 Å². The van der Waals surface area contributed by atoms with E-state index < -0.39 is 12.3 Å². The van der Waals surface area contributed by atoms with E-state index in [9.17, 15) is 14.3 Å². The minimum absolute atomic E-state index is 0.136. The standard InChI is InChI=1S/C19H27FO2/c1-18-7-5-12(21)9-11(18)3-4-13-14(18)6-8-19(2)15(13)10-16(20)17(19)22/h9,13-17,22H,3-8,10H2,1-2H3/t13-,14+,15+,16-,17-,18+,19+/m1/s1. The molecule has 0 saturated heterocycles. The summed E-state index contributed by atoms with van der Waals surface area (Å²) < 4.78 is 14.2. The van der Waals surface area contributed by atoms with E-state index in [0.717, 1.165) is 32.1 Å². The third kappa shape index (κ3) is 1.78. The summed E-state index contributed by atoms with van der Waals surface area (Å²) in [6.07, 6.45) is 6.30. The van der Waals surface area contributed by atoms with Gasteiger partial charge in [-0.25, -0.2) is 4.39 Å². The van der Waals surface area contributed by atoms with Gasteiger partial charge in [-0.05, 0) is 73.2 Å². The smallest absolute Gasteiger partial charge is 0.155 e. The minimum atomic E-state index is -1.05. The number of hydrogen-bond acceptors (Lipinski definition) is 2. The van der Waals surface area contributed by atoms with Crippen molar-refractivity contribution in [2.24, 2.45) is 28.6 Å². The molecule has 0 aromatic heterocycles. The molecule has 3 fully saturated rings. The Morgan fingerprint density at radius 3 is 2.73 bits per heavy atom. The van der Waals surface area contributed by atoms with Gasteiger partial charge in [-0.3, -0.25) is 4.79 Å². The molecule has 0 heterocycles. The number of hydrogen-bond donors (Lipinski definition) is 1. The van der Waals surface area contributed by atoms with Crippen LogP contribution in [0.1, 0.15) is 58.8 Å². The van der Waals surface area contributed by atoms with Crippen LogP contribution in [0, 0.1) is 28.6 Å². The Kier molecular flexibility index (Phi) is 3.15. The van der Waals surface area contributed by atoms with E-state index >= 15 is 0 Å². The lowest BCUT2D eigenvalue weighted by Crippen LogP contribution is -2.51. The predicted octanol–water partition coefficient (Wildman–Crippen LogP) is 3.83. The predicted molar refractivity (Wildman–Crippen MR) is 83.0 cm³/mol. The van der Waals surface area contributed by atoms with E-state index in [1.54, 1.807) is 0 Å². The molecule has 0 amide bonds. The second kappa shape index (κ2) is 4.66. The summed E-state index contributed by atoms with van der Waals surface area (Å²) in [7, 11) is 0. The highest BCUT2D eigenvalue weighted by Gasteiger charge is 2.61. The molecule has 3 heteroatoms. The molecule has 122 valence electrons. The molecule has 0 spiro atoms. The van der Waals surface area contributed by atoms with Gasteiger partial charge in [0.1, 0.15) is 6.17 Å². The van der Waals surface area contributed by atoms with Crippen molar-refractivity contribution in [3.05, 3.63) is 11.6 Å². The zero-order valence-electron chi connectivity index (χ0n) is 13.6. The zero-order chi connectivity index (χ0) is 15.7. The summed E-state index contributed by atoms with van der Waals surface area (Å²) >= 11 is 0. The Bertz CT molecular complexity index is 542. The zero-order valence-corrected chi connectivity index (χ0v) is 13.6. The summed E-state index contributed by atoms with van der Waals surface area (Å²) in [5.41, 5.74) is 1.25. The van der Waals surface area contributed by atoms with Crippen molar-refractivity contribution in [2.45, 2.75) is 71.1 Å². The van der Waals surface area contributed by atoms with Crippen LogP contribution >= 0.6 is 0 Å². The molecule has 4 aliphatic carbocycles. The summed E-state index contributed by atoms with van der Waals surface area (Å²) in [6.45, 7) is 4.44. The Morgan fingerprint density at radius 1 is 1.18 bits per heavy atom. The summed E-state index contributed by atoms with van der Waals surface area (Å²) in [6, 6.07) is 0. The molecule has 0 unspecified atom stereocenters. The number of allylic oxidation sites excluding steroid dienone is 1. The molecule has 7 atom stereocenters. The first-order valence-corrected chi connectivity index (χ1v) is 8.92. The number of fused-ring (bicyclic) bond motifs is 5. The molecule has 0 aliphatic heterocycles. The van der Waals surface area contributed by atoms with Crippen LogP contribution < -0.4 is 0 Å². The fraction of sp³-hybridized carbons (Fsp3) is 0.842. The second-order valence-electron chi connectivity index (χ2n) is 8.71. The van der Waals surface area contributed by atoms with Crippen LogP contribution in [0.3, 0.4) is 0 Å². The minimum Gasteiger partial charge on any atom is -0.390 e. The van der Waals surface area contributed by atoms with Crippen molar-refractivity contribution in [3.8, 4) is 0 Å². The number of carbonyl (C=O) groups excluding carboxylic acids is 1. The highest BCUT2D eigenvalue weighted by atomic mass is 19.1. The molecule has 0 aromatic carbocycles. The van der Waals surface area contributed by atoms with Gasteiger partial charge in [0.2, 0.25) is 0 Å². The molecule has 4 rings (SSSR count). The van der Waals surface area contributed by atoms with Gasteiger partial charge in [0.05, 0.1) is 6.10 Å². The van der Waals surface area contributed by atoms with Crippen LogP contribution in [-0.2, 0) is 4.79 Å². The molecule has 0 bridgehead atoms. The van der Waals surface area contributed by atoms with Crippen molar-refractivity contribution in [1.82, 2.24) is 0 Å². The Hall–Kier alpha value is -0.700. The van der Waals surface area contributed by atoms with Crippen molar-refractivity contribution < 1.29 is 14.3 Å². The molecular formula is C19H27FO2. The van der Waals surface area contributed by atoms with Crippen molar-refractivity contribution in [3.63, 3.8) is 0 Å². The van der Waals surface area contributed by atoms with E-state index in [-0.39, 0.29) is 16.6 Å². The molecule has 3 saturated carbocycles. The van der Waals surface area contributed by atoms with Crippen LogP contribution in [-0.4, -0.2) is 23.2 Å². The topological polar surface area (TPSA) is 37.3 Å². The first kappa shape index (κ1) is 14.9. The fourth-order valence-electron chi connectivity index (χ4n) is 6.50. The van der Waals surface area contributed by atoms with E-state index in [1.165, 1.54) is 5.57 Å². The van der Waals surface area contributed by atoms with Crippen LogP contribution in [0.25, 0.3) is 0 Å². The second-order valence-corrected chi connectivity index (χ2v) is 8.71. The van der Waals surface area contributed by atoms with Gasteiger partial charge in [-0.2, -0.15) is 0 Å². The average Bonchev–Trinajstić information content (AvgIpc) is 2.72. The summed E-state index contributed by atoms with van der Waals surface area (Å²) in [5.74, 6) is 1.68. The highest BCUT2D eigenvalue weighted by molar-refractivity contribution is 5.91. The van der Waals surface area contributed by atoms with E-state index in [0.29, 0.717) is 30.6 Å². The Morgan fingerprint density at radius 2 is 1.95 bits per heavy atom. The van der Waals surface area contributed by atoms with Crippen molar-refractivity contribution in [2.75, 3.05) is 0 Å². The quantitative estimate of drug-likeness (QED) is 0.738. The first-order valence-electron chi connectivity index (χ1n) is 8.92. The first-order chi connectivity index (χ1) is 10.4. The summed E-state index contributed by atoms with van der Waals surface area (Å²) in [4.78, 5) is 11.8. The van der Waals surface area contributed by atoms with Gasteiger partial charge in [0.15, 0.2) is 5.78 Å². The van der Waals surface area contributed by atoms with Crippen LogP contribution in [0.2, 0.25) is 0 Å². The molecule has 1 N–H and O–H groups in total. The molecule has 0 aromatic rings. The lowest BCUT2D eigenvalue weighted by atomic mass is 9.47. The summed E-state index contributed by atoms with van der Waals surface area (Å²) in [5, 5.41) is 10.3. The Labute approximate surface area is 132 Å². The largest absolute Gasteiger partial charge is 0.390 e. The van der Waals surface area contributed by atoms with Crippen molar-refractivity contribution >= 4 is 5.78 Å². The molecule has 2 nitrogen and oxygen atoms in total. The van der Waals surface area contributed by atoms with E-state index in [4.69, 9.17) is 0 Å². The number of aliphatic hydroxyl groups excluding tert-OH is 1. The number of rotatable bonds is 0. The lowest BCUT2D eigenvalue weighted by molar-refractivity contribution is -0.118. The molecule has 22 heavy (non-hydrogen) atoms. The number of alkyl halides is 1. The van der Waals surface area contributed by atoms with E-state index in [1.807, 2.05) is 6.08 Å².